The van der Waals surface area contributed by atoms with Crippen LogP contribution < -0.4 is 0 Å². The summed E-state index contributed by atoms with van der Waals surface area (Å²) in [5.74, 6) is -2.30. The average molecular weight is 256 g/mol. The Labute approximate surface area is 106 Å². The fourth-order valence-electron chi connectivity index (χ4n) is 2.02. The largest absolute Gasteiger partial charge is 0.479 e. The van der Waals surface area contributed by atoms with Crippen molar-refractivity contribution in [3.63, 3.8) is 0 Å². The maximum atomic E-state index is 11.6. The molecule has 0 aromatic heterocycles. The van der Waals surface area contributed by atoms with Gasteiger partial charge >= 0.3 is 11.9 Å². The van der Waals surface area contributed by atoms with Gasteiger partial charge in [-0.2, -0.15) is 0 Å². The zero-order valence-corrected chi connectivity index (χ0v) is 10.4. The third kappa shape index (κ3) is 4.49. The highest BCUT2D eigenvalue weighted by atomic mass is 16.5. The molecular formula is C13H20O5. The first-order chi connectivity index (χ1) is 8.52. The van der Waals surface area contributed by atoms with Gasteiger partial charge in [-0.1, -0.05) is 25.8 Å². The van der Waals surface area contributed by atoms with Crippen LogP contribution in [0, 0.1) is 0 Å². The number of esters is 1. The Morgan fingerprint density at radius 2 is 1.61 bits per heavy atom. The van der Waals surface area contributed by atoms with Gasteiger partial charge in [0.2, 0.25) is 0 Å². The lowest BCUT2D eigenvalue weighted by Crippen LogP contribution is -2.29. The van der Waals surface area contributed by atoms with Crippen LogP contribution in [-0.2, 0) is 14.3 Å². The zero-order valence-electron chi connectivity index (χ0n) is 10.4. The molecule has 5 nitrogen and oxygen atoms in total. The van der Waals surface area contributed by atoms with Crippen molar-refractivity contribution in [3.05, 3.63) is 12.2 Å². The molecule has 1 atom stereocenters. The van der Waals surface area contributed by atoms with Crippen molar-refractivity contribution in [1.29, 1.82) is 0 Å². The van der Waals surface area contributed by atoms with Gasteiger partial charge in [-0.15, -0.1) is 0 Å². The Balaban J connectivity index is 2.46. The number of carbonyl (C=O) groups excluding carboxylic acids is 1. The number of aliphatic hydroxyl groups is 1. The van der Waals surface area contributed by atoms with E-state index in [-0.39, 0.29) is 6.10 Å². The van der Waals surface area contributed by atoms with Crippen molar-refractivity contribution < 1.29 is 24.5 Å². The Morgan fingerprint density at radius 1 is 1.11 bits per heavy atom. The normalized spacial score (nSPS) is 19.4. The summed E-state index contributed by atoms with van der Waals surface area (Å²) < 4.78 is 5.20. The quantitative estimate of drug-likeness (QED) is 0.590. The summed E-state index contributed by atoms with van der Waals surface area (Å²) in [4.78, 5) is 22.1. The molecule has 0 aliphatic heterocycles. The molecule has 0 heterocycles. The van der Waals surface area contributed by atoms with E-state index in [2.05, 4.69) is 6.58 Å². The summed E-state index contributed by atoms with van der Waals surface area (Å²) in [6, 6.07) is 0. The van der Waals surface area contributed by atoms with E-state index in [4.69, 9.17) is 9.84 Å². The third-order valence-electron chi connectivity index (χ3n) is 3.15. The van der Waals surface area contributed by atoms with Gasteiger partial charge in [-0.25, -0.2) is 9.59 Å². The second-order valence-corrected chi connectivity index (χ2v) is 4.64. The van der Waals surface area contributed by atoms with E-state index in [0.29, 0.717) is 0 Å². The summed E-state index contributed by atoms with van der Waals surface area (Å²) in [5.41, 5.74) is -0.412. The fraction of sp³-hybridized carbons (Fsp3) is 0.692. The molecular weight excluding hydrogens is 236 g/mol. The van der Waals surface area contributed by atoms with Crippen LogP contribution in [0.15, 0.2) is 12.2 Å². The van der Waals surface area contributed by atoms with Crippen LogP contribution in [0.25, 0.3) is 0 Å². The Kier molecular flexibility index (Phi) is 5.85. The Bertz CT molecular complexity index is 315. The van der Waals surface area contributed by atoms with Crippen LogP contribution in [0.2, 0.25) is 0 Å². The number of rotatable bonds is 4. The summed E-state index contributed by atoms with van der Waals surface area (Å²) in [7, 11) is 0. The van der Waals surface area contributed by atoms with Crippen molar-refractivity contribution in [3.8, 4) is 0 Å². The number of ether oxygens (including phenoxy) is 1. The van der Waals surface area contributed by atoms with Crippen molar-refractivity contribution in [2.24, 2.45) is 0 Å². The molecule has 1 rings (SSSR count). The summed E-state index contributed by atoms with van der Waals surface area (Å²) >= 11 is 0. The maximum absolute atomic E-state index is 11.6. The summed E-state index contributed by atoms with van der Waals surface area (Å²) in [6.45, 7) is 3.28. The summed E-state index contributed by atoms with van der Waals surface area (Å²) in [6.07, 6.45) is 5.01. The minimum absolute atomic E-state index is 0.185. The predicted molar refractivity (Wildman–Crippen MR) is 65.0 cm³/mol. The molecule has 0 amide bonds. The first-order valence-electron chi connectivity index (χ1n) is 6.33. The molecule has 1 aliphatic carbocycles. The molecule has 0 spiro atoms. The van der Waals surface area contributed by atoms with Gasteiger partial charge in [0.25, 0.3) is 0 Å². The van der Waals surface area contributed by atoms with E-state index in [1.807, 2.05) is 0 Å². The first-order valence-corrected chi connectivity index (χ1v) is 6.33. The van der Waals surface area contributed by atoms with Crippen LogP contribution in [-0.4, -0.2) is 34.4 Å². The second-order valence-electron chi connectivity index (χ2n) is 4.64. The number of hydrogen-bond acceptors (Lipinski definition) is 4. The van der Waals surface area contributed by atoms with E-state index in [1.54, 1.807) is 0 Å². The molecule has 5 heteroatoms. The number of aliphatic carboxylic acids is 1. The smallest absolute Gasteiger partial charge is 0.337 e. The second kappa shape index (κ2) is 7.16. The minimum Gasteiger partial charge on any atom is -0.479 e. The predicted octanol–water partition coefficient (Wildman–Crippen LogP) is 1.64. The van der Waals surface area contributed by atoms with Gasteiger partial charge in [0.15, 0.2) is 6.10 Å². The first kappa shape index (κ1) is 14.7. The number of carboxylic acid groups (broad SMARTS) is 1. The lowest BCUT2D eigenvalue weighted by atomic mass is 9.98. The number of hydrogen-bond donors (Lipinski definition) is 2. The lowest BCUT2D eigenvalue weighted by Gasteiger charge is -2.21. The zero-order chi connectivity index (χ0) is 13.5. The molecule has 0 radical (unpaired) electrons. The fourth-order valence-corrected chi connectivity index (χ4v) is 2.02. The molecule has 1 unspecified atom stereocenters. The van der Waals surface area contributed by atoms with Crippen molar-refractivity contribution >= 4 is 11.9 Å². The molecule has 18 heavy (non-hydrogen) atoms. The highest BCUT2D eigenvalue weighted by molar-refractivity contribution is 5.95. The maximum Gasteiger partial charge on any atom is 0.337 e. The molecule has 1 saturated carbocycles. The van der Waals surface area contributed by atoms with Crippen molar-refractivity contribution in [2.45, 2.75) is 57.2 Å². The van der Waals surface area contributed by atoms with Crippen LogP contribution >= 0.6 is 0 Å². The van der Waals surface area contributed by atoms with Gasteiger partial charge in [0.05, 0.1) is 5.57 Å². The molecule has 2 N–H and O–H groups in total. The average Bonchev–Trinajstić information content (AvgIpc) is 2.30. The van der Waals surface area contributed by atoms with Crippen molar-refractivity contribution in [1.82, 2.24) is 0 Å². The molecule has 102 valence electrons. The van der Waals surface area contributed by atoms with Gasteiger partial charge in [-0.3, -0.25) is 0 Å². The van der Waals surface area contributed by atoms with Gasteiger partial charge in [-0.05, 0) is 25.7 Å². The van der Waals surface area contributed by atoms with Crippen LogP contribution in [0.4, 0.5) is 0 Å². The van der Waals surface area contributed by atoms with Crippen LogP contribution in [0.5, 0.6) is 0 Å². The molecule has 0 saturated heterocycles. The number of carboxylic acids is 1. The van der Waals surface area contributed by atoms with E-state index in [0.717, 1.165) is 38.5 Å². The van der Waals surface area contributed by atoms with E-state index in [9.17, 15) is 14.7 Å². The standard InChI is InChI=1S/C13H20O5/c1-9(11(14)12(15)16)13(17)18-10-7-5-3-2-4-6-8-10/h10-11,14H,1-8H2,(H,15,16). The SMILES string of the molecule is C=C(C(=O)OC1CCCCCCC1)C(O)C(=O)O. The van der Waals surface area contributed by atoms with Gasteiger partial charge in [0, 0.05) is 0 Å². The lowest BCUT2D eigenvalue weighted by molar-refractivity contribution is -0.152. The highest BCUT2D eigenvalue weighted by Crippen LogP contribution is 2.20. The monoisotopic (exact) mass is 256 g/mol. The van der Waals surface area contributed by atoms with Crippen molar-refractivity contribution in [2.75, 3.05) is 0 Å². The van der Waals surface area contributed by atoms with Crippen LogP contribution in [0.3, 0.4) is 0 Å². The van der Waals surface area contributed by atoms with E-state index < -0.39 is 23.6 Å². The highest BCUT2D eigenvalue weighted by Gasteiger charge is 2.26. The number of aliphatic hydroxyl groups excluding tert-OH is 1. The third-order valence-corrected chi connectivity index (χ3v) is 3.15. The molecule has 0 aromatic carbocycles. The topological polar surface area (TPSA) is 83.8 Å². The molecule has 1 aliphatic rings. The molecule has 0 bridgehead atoms. The van der Waals surface area contributed by atoms with Gasteiger partial charge < -0.3 is 14.9 Å². The van der Waals surface area contributed by atoms with Gasteiger partial charge in [0.1, 0.15) is 6.10 Å². The van der Waals surface area contributed by atoms with Crippen LogP contribution in [0.1, 0.15) is 44.9 Å². The molecule has 0 aromatic rings. The van der Waals surface area contributed by atoms with E-state index >= 15 is 0 Å². The number of carbonyl (C=O) groups is 2. The minimum atomic E-state index is -1.88. The van der Waals surface area contributed by atoms with E-state index in [1.165, 1.54) is 6.42 Å². The summed E-state index contributed by atoms with van der Waals surface area (Å²) in [5, 5.41) is 17.8. The molecule has 1 fully saturated rings. The Hall–Kier alpha value is -1.36. The Morgan fingerprint density at radius 3 is 2.11 bits per heavy atom.